The van der Waals surface area contributed by atoms with Crippen LogP contribution in [0.15, 0.2) is 12.2 Å². The summed E-state index contributed by atoms with van der Waals surface area (Å²) in [6.07, 6.45) is 3.01. The molecule has 0 aromatic rings. The second-order valence-corrected chi connectivity index (χ2v) is 4.94. The molecule has 0 aliphatic rings. The first-order valence-electron chi connectivity index (χ1n) is 5.64. The van der Waals surface area contributed by atoms with Gasteiger partial charge in [0, 0.05) is 6.08 Å². The molecule has 0 spiro atoms. The maximum absolute atomic E-state index is 11.4. The molecule has 17 heavy (non-hydrogen) atoms. The minimum Gasteiger partial charge on any atom is -0.481 e. The lowest BCUT2D eigenvalue weighted by Gasteiger charge is -2.28. The summed E-state index contributed by atoms with van der Waals surface area (Å²) in [6, 6.07) is 0. The molecule has 0 heterocycles. The SMILES string of the molecule is CCC=CC(=O)OC(CC(=O)O)C[N+](C)(C)C. The standard InChI is InChI=1S/C12H21NO4/c1-5-6-7-12(16)17-10(8-11(14)15)9-13(2,3)4/h6-7,10H,5,8-9H2,1-4H3/p+1. The predicted octanol–water partition coefficient (Wildman–Crippen LogP) is 1.05. The van der Waals surface area contributed by atoms with Crippen LogP contribution < -0.4 is 0 Å². The number of quaternary nitrogens is 1. The Kier molecular flexibility index (Phi) is 6.50. The Morgan fingerprint density at radius 2 is 1.94 bits per heavy atom. The average molecular weight is 244 g/mol. The summed E-state index contributed by atoms with van der Waals surface area (Å²) in [4.78, 5) is 22.0. The van der Waals surface area contributed by atoms with Gasteiger partial charge in [-0.3, -0.25) is 4.79 Å². The molecular formula is C12H22NO4+. The van der Waals surface area contributed by atoms with Gasteiger partial charge >= 0.3 is 11.9 Å². The van der Waals surface area contributed by atoms with Crippen molar-refractivity contribution in [1.29, 1.82) is 0 Å². The molecule has 0 bridgehead atoms. The van der Waals surface area contributed by atoms with Gasteiger partial charge in [0.1, 0.15) is 6.54 Å². The Hall–Kier alpha value is -1.36. The topological polar surface area (TPSA) is 63.6 Å². The molecule has 0 aliphatic carbocycles. The van der Waals surface area contributed by atoms with Gasteiger partial charge < -0.3 is 14.3 Å². The van der Waals surface area contributed by atoms with Gasteiger partial charge in [-0.25, -0.2) is 4.79 Å². The Morgan fingerprint density at radius 1 is 1.35 bits per heavy atom. The van der Waals surface area contributed by atoms with E-state index in [9.17, 15) is 9.59 Å². The Labute approximate surface area is 102 Å². The number of esters is 1. The highest BCUT2D eigenvalue weighted by Crippen LogP contribution is 2.05. The highest BCUT2D eigenvalue weighted by Gasteiger charge is 2.23. The van der Waals surface area contributed by atoms with E-state index >= 15 is 0 Å². The summed E-state index contributed by atoms with van der Waals surface area (Å²) in [6.45, 7) is 2.38. The monoisotopic (exact) mass is 244 g/mol. The number of carboxylic acids is 1. The van der Waals surface area contributed by atoms with E-state index in [1.807, 2.05) is 28.1 Å². The van der Waals surface area contributed by atoms with Gasteiger partial charge in [-0.05, 0) is 6.42 Å². The van der Waals surface area contributed by atoms with E-state index in [1.54, 1.807) is 6.08 Å². The van der Waals surface area contributed by atoms with Crippen LogP contribution in [0.4, 0.5) is 0 Å². The van der Waals surface area contributed by atoms with Crippen LogP contribution >= 0.6 is 0 Å². The maximum Gasteiger partial charge on any atom is 0.330 e. The lowest BCUT2D eigenvalue weighted by molar-refractivity contribution is -0.873. The van der Waals surface area contributed by atoms with Crippen molar-refractivity contribution < 1.29 is 23.9 Å². The van der Waals surface area contributed by atoms with Gasteiger partial charge in [0.15, 0.2) is 6.10 Å². The average Bonchev–Trinajstić information content (AvgIpc) is 2.10. The van der Waals surface area contributed by atoms with E-state index in [0.29, 0.717) is 11.0 Å². The van der Waals surface area contributed by atoms with E-state index in [1.165, 1.54) is 6.08 Å². The Balaban J connectivity index is 4.43. The van der Waals surface area contributed by atoms with Crippen LogP contribution in [0.1, 0.15) is 19.8 Å². The summed E-state index contributed by atoms with van der Waals surface area (Å²) in [7, 11) is 5.76. The molecule has 1 unspecified atom stereocenters. The zero-order valence-electron chi connectivity index (χ0n) is 11.0. The maximum atomic E-state index is 11.4. The molecule has 0 saturated carbocycles. The number of likely N-dealkylation sites (N-methyl/N-ethyl adjacent to an activating group) is 1. The van der Waals surface area contributed by atoms with Crippen molar-refractivity contribution in [1.82, 2.24) is 0 Å². The Bertz CT molecular complexity index is 291. The quantitative estimate of drug-likeness (QED) is 0.413. The van der Waals surface area contributed by atoms with E-state index in [0.717, 1.165) is 6.42 Å². The van der Waals surface area contributed by atoms with Crippen molar-refractivity contribution in [2.24, 2.45) is 0 Å². The van der Waals surface area contributed by atoms with Crippen LogP contribution in [-0.4, -0.2) is 55.3 Å². The van der Waals surface area contributed by atoms with E-state index in [2.05, 4.69) is 0 Å². The molecule has 0 fully saturated rings. The molecule has 1 atom stereocenters. The fourth-order valence-electron chi connectivity index (χ4n) is 1.37. The van der Waals surface area contributed by atoms with Crippen molar-refractivity contribution in [3.63, 3.8) is 0 Å². The normalized spacial score (nSPS) is 13.6. The fraction of sp³-hybridized carbons (Fsp3) is 0.667. The first kappa shape index (κ1) is 15.6. The van der Waals surface area contributed by atoms with Crippen LogP contribution in [0.25, 0.3) is 0 Å². The van der Waals surface area contributed by atoms with Crippen LogP contribution in [0, 0.1) is 0 Å². The molecule has 0 aliphatic heterocycles. The van der Waals surface area contributed by atoms with E-state index in [4.69, 9.17) is 9.84 Å². The third kappa shape index (κ3) is 9.56. The number of nitrogens with zero attached hydrogens (tertiary/aromatic N) is 1. The van der Waals surface area contributed by atoms with E-state index in [-0.39, 0.29) is 6.42 Å². The smallest absolute Gasteiger partial charge is 0.330 e. The van der Waals surface area contributed by atoms with Crippen LogP contribution in [0.2, 0.25) is 0 Å². The zero-order valence-corrected chi connectivity index (χ0v) is 11.0. The van der Waals surface area contributed by atoms with Gasteiger partial charge in [0.2, 0.25) is 0 Å². The number of carbonyl (C=O) groups excluding carboxylic acids is 1. The molecule has 5 heteroatoms. The minimum absolute atomic E-state index is 0.165. The second-order valence-electron chi connectivity index (χ2n) is 4.94. The molecule has 0 saturated heterocycles. The van der Waals surface area contributed by atoms with Crippen molar-refractivity contribution >= 4 is 11.9 Å². The number of carbonyl (C=O) groups is 2. The molecule has 0 aromatic heterocycles. The van der Waals surface area contributed by atoms with Crippen molar-refractivity contribution in [2.45, 2.75) is 25.9 Å². The third-order valence-electron chi connectivity index (χ3n) is 1.93. The Morgan fingerprint density at radius 3 is 2.35 bits per heavy atom. The van der Waals surface area contributed by atoms with Crippen LogP contribution in [-0.2, 0) is 14.3 Å². The van der Waals surface area contributed by atoms with Gasteiger partial charge in [0.05, 0.1) is 27.6 Å². The predicted molar refractivity (Wildman–Crippen MR) is 64.5 cm³/mol. The number of ether oxygens (including phenoxy) is 1. The number of hydrogen-bond acceptors (Lipinski definition) is 3. The molecule has 1 N–H and O–H groups in total. The van der Waals surface area contributed by atoms with Crippen LogP contribution in [0.5, 0.6) is 0 Å². The largest absolute Gasteiger partial charge is 0.481 e. The van der Waals surface area contributed by atoms with Crippen LogP contribution in [0.3, 0.4) is 0 Å². The highest BCUT2D eigenvalue weighted by molar-refractivity contribution is 5.82. The third-order valence-corrected chi connectivity index (χ3v) is 1.93. The van der Waals surface area contributed by atoms with Gasteiger partial charge in [-0.1, -0.05) is 13.0 Å². The molecule has 0 aromatic carbocycles. The lowest BCUT2D eigenvalue weighted by atomic mass is 10.2. The number of hydrogen-bond donors (Lipinski definition) is 1. The first-order chi connectivity index (χ1) is 7.74. The lowest BCUT2D eigenvalue weighted by Crippen LogP contribution is -2.43. The van der Waals surface area contributed by atoms with Crippen molar-refractivity contribution in [3.05, 3.63) is 12.2 Å². The summed E-state index contributed by atoms with van der Waals surface area (Å²) in [5.41, 5.74) is 0. The first-order valence-corrected chi connectivity index (χ1v) is 5.64. The molecule has 0 amide bonds. The summed E-state index contributed by atoms with van der Waals surface area (Å²) < 4.78 is 5.66. The summed E-state index contributed by atoms with van der Waals surface area (Å²) in [5, 5.41) is 8.75. The number of aliphatic carboxylic acids is 1. The van der Waals surface area contributed by atoms with Gasteiger partial charge in [0.25, 0.3) is 0 Å². The molecule has 98 valence electrons. The highest BCUT2D eigenvalue weighted by atomic mass is 16.5. The van der Waals surface area contributed by atoms with Gasteiger partial charge in [-0.2, -0.15) is 0 Å². The summed E-state index contributed by atoms with van der Waals surface area (Å²) >= 11 is 0. The van der Waals surface area contributed by atoms with Crippen molar-refractivity contribution in [3.8, 4) is 0 Å². The van der Waals surface area contributed by atoms with E-state index < -0.39 is 18.0 Å². The fourth-order valence-corrected chi connectivity index (χ4v) is 1.37. The summed E-state index contributed by atoms with van der Waals surface area (Å²) in [5.74, 6) is -1.44. The number of carboxylic acid groups (broad SMARTS) is 1. The number of allylic oxidation sites excluding steroid dienone is 1. The number of rotatable bonds is 7. The minimum atomic E-state index is -0.962. The molecule has 0 rings (SSSR count). The molecular weight excluding hydrogens is 222 g/mol. The zero-order chi connectivity index (χ0) is 13.5. The molecule has 0 radical (unpaired) electrons. The molecule has 5 nitrogen and oxygen atoms in total. The second kappa shape index (κ2) is 7.06. The van der Waals surface area contributed by atoms with Crippen molar-refractivity contribution in [2.75, 3.05) is 27.7 Å². The van der Waals surface area contributed by atoms with Gasteiger partial charge in [-0.15, -0.1) is 0 Å².